The smallest absolute Gasteiger partial charge is 0.227 e. The summed E-state index contributed by atoms with van der Waals surface area (Å²) in [6.45, 7) is 3.87. The normalized spacial score (nSPS) is 23.0. The molecule has 0 spiro atoms. The van der Waals surface area contributed by atoms with Crippen LogP contribution in [0.4, 0.5) is 10.1 Å². The molecule has 27 heavy (non-hydrogen) atoms. The van der Waals surface area contributed by atoms with E-state index in [1.807, 2.05) is 4.90 Å². The van der Waals surface area contributed by atoms with Gasteiger partial charge >= 0.3 is 0 Å². The van der Waals surface area contributed by atoms with E-state index in [4.69, 9.17) is 0 Å². The number of benzene rings is 1. The van der Waals surface area contributed by atoms with Gasteiger partial charge in [-0.2, -0.15) is 0 Å². The fourth-order valence-corrected chi connectivity index (χ4v) is 3.90. The van der Waals surface area contributed by atoms with E-state index in [2.05, 4.69) is 5.32 Å². The summed E-state index contributed by atoms with van der Waals surface area (Å²) in [5.74, 6) is -0.704. The molecule has 146 valence electrons. The lowest BCUT2D eigenvalue weighted by molar-refractivity contribution is -0.142. The molecule has 0 radical (unpaired) electrons. The first-order valence-electron chi connectivity index (χ1n) is 9.55. The summed E-state index contributed by atoms with van der Waals surface area (Å²) in [6.07, 6.45) is 2.59. The number of hydrogen-bond acceptors (Lipinski definition) is 3. The lowest BCUT2D eigenvalue weighted by Crippen LogP contribution is -2.51. The van der Waals surface area contributed by atoms with Gasteiger partial charge in [0.15, 0.2) is 0 Å². The molecule has 2 fully saturated rings. The number of amides is 3. The first-order chi connectivity index (χ1) is 13.0. The van der Waals surface area contributed by atoms with Crippen molar-refractivity contribution in [2.75, 3.05) is 31.5 Å². The van der Waals surface area contributed by atoms with Gasteiger partial charge in [-0.1, -0.05) is 12.1 Å². The number of carbonyl (C=O) groups is 3. The van der Waals surface area contributed by atoms with E-state index in [1.165, 1.54) is 6.07 Å². The maximum atomic E-state index is 13.7. The van der Waals surface area contributed by atoms with Gasteiger partial charge in [-0.25, -0.2) is 4.39 Å². The number of rotatable bonds is 3. The number of para-hydroxylation sites is 1. The van der Waals surface area contributed by atoms with Gasteiger partial charge in [-0.15, -0.1) is 0 Å². The molecule has 3 amide bonds. The highest BCUT2D eigenvalue weighted by molar-refractivity contribution is 5.93. The minimum Gasteiger partial charge on any atom is -0.339 e. The van der Waals surface area contributed by atoms with Crippen LogP contribution in [0.3, 0.4) is 0 Å². The van der Waals surface area contributed by atoms with Crippen LogP contribution in [-0.2, 0) is 14.4 Å². The maximum absolute atomic E-state index is 13.7. The molecular weight excluding hydrogens is 349 g/mol. The molecule has 1 saturated heterocycles. The number of nitrogens with zero attached hydrogens (tertiary/aromatic N) is 2. The molecule has 0 atom stereocenters. The zero-order valence-electron chi connectivity index (χ0n) is 15.6. The third-order valence-electron chi connectivity index (χ3n) is 5.62. The molecule has 1 aliphatic heterocycles. The molecule has 2 aliphatic rings. The Balaban J connectivity index is 1.47. The molecule has 6 nitrogen and oxygen atoms in total. The molecule has 0 unspecified atom stereocenters. The number of halogens is 1. The monoisotopic (exact) mass is 375 g/mol. The predicted octanol–water partition coefficient (Wildman–Crippen LogP) is 2.26. The van der Waals surface area contributed by atoms with Crippen molar-refractivity contribution in [1.82, 2.24) is 9.80 Å². The summed E-state index contributed by atoms with van der Waals surface area (Å²) in [5.41, 5.74) is 0.198. The van der Waals surface area contributed by atoms with Gasteiger partial charge < -0.3 is 15.1 Å². The van der Waals surface area contributed by atoms with Crippen molar-refractivity contribution >= 4 is 23.4 Å². The molecule has 3 rings (SSSR count). The average Bonchev–Trinajstić information content (AvgIpc) is 2.69. The Hall–Kier alpha value is -2.44. The summed E-state index contributed by atoms with van der Waals surface area (Å²) in [7, 11) is 0. The van der Waals surface area contributed by atoms with Gasteiger partial charge in [0.2, 0.25) is 17.7 Å². The highest BCUT2D eigenvalue weighted by Crippen LogP contribution is 2.31. The second-order valence-corrected chi connectivity index (χ2v) is 7.35. The van der Waals surface area contributed by atoms with E-state index >= 15 is 0 Å². The molecule has 1 aliphatic carbocycles. The van der Waals surface area contributed by atoms with Crippen LogP contribution in [0, 0.1) is 17.7 Å². The van der Waals surface area contributed by atoms with E-state index in [9.17, 15) is 18.8 Å². The standard InChI is InChI=1S/C20H26FN3O3/c1-14(25)23-10-12-24(13-11-23)20(27)16-8-6-15(7-9-16)19(26)22-18-5-3-2-4-17(18)21/h2-5,15-16H,6-13H2,1H3,(H,22,26). The number of carbonyl (C=O) groups excluding carboxylic acids is 3. The number of anilines is 1. The van der Waals surface area contributed by atoms with E-state index in [0.29, 0.717) is 51.9 Å². The van der Waals surface area contributed by atoms with E-state index in [-0.39, 0.29) is 35.2 Å². The van der Waals surface area contributed by atoms with Gasteiger partial charge in [0.25, 0.3) is 0 Å². The van der Waals surface area contributed by atoms with Gasteiger partial charge in [-0.3, -0.25) is 14.4 Å². The first-order valence-corrected chi connectivity index (χ1v) is 9.55. The number of piperazine rings is 1. The van der Waals surface area contributed by atoms with Crippen LogP contribution in [0.25, 0.3) is 0 Å². The topological polar surface area (TPSA) is 69.7 Å². The first kappa shape index (κ1) is 19.3. The summed E-state index contributed by atoms with van der Waals surface area (Å²) >= 11 is 0. The molecule has 1 aromatic carbocycles. The third-order valence-corrected chi connectivity index (χ3v) is 5.62. The van der Waals surface area contributed by atoms with Gasteiger partial charge in [0.05, 0.1) is 5.69 Å². The zero-order valence-corrected chi connectivity index (χ0v) is 15.6. The summed E-state index contributed by atoms with van der Waals surface area (Å²) < 4.78 is 13.7. The Labute approximate surface area is 158 Å². The Bertz CT molecular complexity index is 708. The Kier molecular flexibility index (Phi) is 6.08. The van der Waals surface area contributed by atoms with Crippen molar-refractivity contribution in [1.29, 1.82) is 0 Å². The molecule has 1 N–H and O–H groups in total. The van der Waals surface area contributed by atoms with Crippen molar-refractivity contribution in [3.05, 3.63) is 30.1 Å². The summed E-state index contributed by atoms with van der Waals surface area (Å²) in [6, 6.07) is 6.12. The van der Waals surface area contributed by atoms with Crippen LogP contribution in [0.5, 0.6) is 0 Å². The van der Waals surface area contributed by atoms with Crippen LogP contribution in [0.2, 0.25) is 0 Å². The second kappa shape index (κ2) is 8.50. The third kappa shape index (κ3) is 4.64. The van der Waals surface area contributed by atoms with Crippen molar-refractivity contribution < 1.29 is 18.8 Å². The van der Waals surface area contributed by atoms with Crippen molar-refractivity contribution in [2.24, 2.45) is 11.8 Å². The summed E-state index contributed by atoms with van der Waals surface area (Å²) in [4.78, 5) is 40.1. The van der Waals surface area contributed by atoms with Crippen molar-refractivity contribution in [2.45, 2.75) is 32.6 Å². The van der Waals surface area contributed by atoms with Crippen LogP contribution in [0.15, 0.2) is 24.3 Å². The fourth-order valence-electron chi connectivity index (χ4n) is 3.90. The summed E-state index contributed by atoms with van der Waals surface area (Å²) in [5, 5.41) is 2.66. The van der Waals surface area contributed by atoms with Crippen LogP contribution in [0.1, 0.15) is 32.6 Å². The fraction of sp³-hybridized carbons (Fsp3) is 0.550. The molecule has 0 bridgehead atoms. The van der Waals surface area contributed by atoms with E-state index in [0.717, 1.165) is 0 Å². The highest BCUT2D eigenvalue weighted by atomic mass is 19.1. The molecular formula is C20H26FN3O3. The van der Waals surface area contributed by atoms with Crippen molar-refractivity contribution in [3.63, 3.8) is 0 Å². The largest absolute Gasteiger partial charge is 0.339 e. The second-order valence-electron chi connectivity index (χ2n) is 7.35. The van der Waals surface area contributed by atoms with E-state index in [1.54, 1.807) is 30.0 Å². The molecule has 7 heteroatoms. The van der Waals surface area contributed by atoms with Crippen LogP contribution in [-0.4, -0.2) is 53.7 Å². The molecule has 0 aromatic heterocycles. The zero-order chi connectivity index (χ0) is 19.4. The quantitative estimate of drug-likeness (QED) is 0.881. The van der Waals surface area contributed by atoms with Gasteiger partial charge in [0, 0.05) is 44.9 Å². The lowest BCUT2D eigenvalue weighted by atomic mass is 9.80. The molecule has 1 saturated carbocycles. The minimum atomic E-state index is -0.445. The number of nitrogens with one attached hydrogen (secondary N) is 1. The molecule has 1 aromatic rings. The lowest BCUT2D eigenvalue weighted by Gasteiger charge is -2.37. The Morgan fingerprint density at radius 1 is 0.926 bits per heavy atom. The average molecular weight is 375 g/mol. The van der Waals surface area contributed by atoms with Crippen molar-refractivity contribution in [3.8, 4) is 0 Å². The Morgan fingerprint density at radius 2 is 1.48 bits per heavy atom. The molecule has 1 heterocycles. The predicted molar refractivity (Wildman–Crippen MR) is 99.3 cm³/mol. The maximum Gasteiger partial charge on any atom is 0.227 e. The van der Waals surface area contributed by atoms with E-state index < -0.39 is 5.82 Å². The van der Waals surface area contributed by atoms with Gasteiger partial charge in [0.1, 0.15) is 5.82 Å². The number of hydrogen-bond donors (Lipinski definition) is 1. The van der Waals surface area contributed by atoms with Crippen LogP contribution < -0.4 is 5.32 Å². The highest BCUT2D eigenvalue weighted by Gasteiger charge is 2.33. The minimum absolute atomic E-state index is 0.0449. The van der Waals surface area contributed by atoms with Crippen LogP contribution >= 0.6 is 0 Å². The van der Waals surface area contributed by atoms with Gasteiger partial charge in [-0.05, 0) is 37.8 Å². The SMILES string of the molecule is CC(=O)N1CCN(C(=O)C2CCC(C(=O)Nc3ccccc3F)CC2)CC1. The Morgan fingerprint density at radius 3 is 2.07 bits per heavy atom.